The first-order chi connectivity index (χ1) is 8.99. The zero-order chi connectivity index (χ0) is 14.0. The van der Waals surface area contributed by atoms with Gasteiger partial charge in [0, 0.05) is 16.6 Å². The fourth-order valence-electron chi connectivity index (χ4n) is 1.82. The average Bonchev–Trinajstić information content (AvgIpc) is 2.41. The number of morpholine rings is 1. The second kappa shape index (κ2) is 6.17. The monoisotopic (exact) mass is 362 g/mol. The van der Waals surface area contributed by atoms with Crippen LogP contribution in [0.4, 0.5) is 0 Å². The van der Waals surface area contributed by atoms with Crippen LogP contribution in [0, 0.1) is 0 Å². The molecule has 0 aromatic heterocycles. The maximum atomic E-state index is 12.3. The molecule has 1 unspecified atom stereocenters. The number of thiocarbonyl (C=S) groups is 1. The molecule has 1 aromatic rings. The summed E-state index contributed by atoms with van der Waals surface area (Å²) in [5.74, 6) is -0.0982. The molecule has 2 N–H and O–H groups in total. The SMILES string of the molecule is NC(=S)C1CN(C(=O)c2ccc(Br)c(Cl)c2)CCO1. The van der Waals surface area contributed by atoms with Crippen molar-refractivity contribution in [1.29, 1.82) is 0 Å². The summed E-state index contributed by atoms with van der Waals surface area (Å²) in [6.07, 6.45) is -0.376. The number of ether oxygens (including phenoxy) is 1. The van der Waals surface area contributed by atoms with E-state index in [1.165, 1.54) is 0 Å². The first kappa shape index (κ1) is 14.7. The largest absolute Gasteiger partial charge is 0.391 e. The Labute approximate surface area is 130 Å². The first-order valence-electron chi connectivity index (χ1n) is 5.64. The van der Waals surface area contributed by atoms with E-state index < -0.39 is 0 Å². The first-order valence-corrected chi connectivity index (χ1v) is 7.22. The molecule has 1 aliphatic heterocycles. The second-order valence-electron chi connectivity index (χ2n) is 4.14. The number of rotatable bonds is 2. The molecule has 1 atom stereocenters. The number of carbonyl (C=O) groups is 1. The molecule has 1 aliphatic rings. The summed E-state index contributed by atoms with van der Waals surface area (Å²) >= 11 is 14.2. The third-order valence-electron chi connectivity index (χ3n) is 2.84. The van der Waals surface area contributed by atoms with E-state index >= 15 is 0 Å². The second-order valence-corrected chi connectivity index (χ2v) is 5.87. The zero-order valence-electron chi connectivity index (χ0n) is 9.94. The molecule has 1 saturated heterocycles. The van der Waals surface area contributed by atoms with Gasteiger partial charge >= 0.3 is 0 Å². The smallest absolute Gasteiger partial charge is 0.254 e. The number of amides is 1. The maximum absolute atomic E-state index is 12.3. The molecular formula is C12H12BrClN2O2S. The van der Waals surface area contributed by atoms with Crippen molar-refractivity contribution in [3.63, 3.8) is 0 Å². The number of hydrogen-bond donors (Lipinski definition) is 1. The number of hydrogen-bond acceptors (Lipinski definition) is 3. The Morgan fingerprint density at radius 3 is 2.95 bits per heavy atom. The Balaban J connectivity index is 2.14. The normalized spacial score (nSPS) is 19.3. The third kappa shape index (κ3) is 3.45. The molecule has 2 rings (SSSR count). The van der Waals surface area contributed by atoms with E-state index in [4.69, 9.17) is 34.3 Å². The lowest BCUT2D eigenvalue weighted by Crippen LogP contribution is -2.49. The number of nitrogens with zero attached hydrogens (tertiary/aromatic N) is 1. The highest BCUT2D eigenvalue weighted by atomic mass is 79.9. The molecule has 4 nitrogen and oxygen atoms in total. The van der Waals surface area contributed by atoms with Crippen LogP contribution in [0.5, 0.6) is 0 Å². The highest BCUT2D eigenvalue weighted by molar-refractivity contribution is 9.10. The minimum atomic E-state index is -0.376. The molecule has 1 heterocycles. The Kier molecular flexibility index (Phi) is 4.78. The van der Waals surface area contributed by atoms with Crippen LogP contribution in [0.15, 0.2) is 22.7 Å². The molecule has 1 aromatic carbocycles. The number of nitrogens with two attached hydrogens (primary N) is 1. The lowest BCUT2D eigenvalue weighted by Gasteiger charge is -2.32. The quantitative estimate of drug-likeness (QED) is 0.819. The molecule has 1 fully saturated rings. The van der Waals surface area contributed by atoms with Gasteiger partial charge in [-0.3, -0.25) is 4.79 Å². The van der Waals surface area contributed by atoms with Crippen LogP contribution in [-0.4, -0.2) is 41.6 Å². The van der Waals surface area contributed by atoms with Crippen LogP contribution < -0.4 is 5.73 Å². The van der Waals surface area contributed by atoms with Gasteiger partial charge in [0.25, 0.3) is 5.91 Å². The molecule has 0 spiro atoms. The topological polar surface area (TPSA) is 55.6 Å². The summed E-state index contributed by atoms with van der Waals surface area (Å²) in [6, 6.07) is 5.11. The van der Waals surface area contributed by atoms with Crippen LogP contribution in [0.2, 0.25) is 5.02 Å². The van der Waals surface area contributed by atoms with Gasteiger partial charge in [-0.25, -0.2) is 0 Å². The molecule has 102 valence electrons. The number of carbonyl (C=O) groups excluding carboxylic acids is 1. The summed E-state index contributed by atoms with van der Waals surface area (Å²) in [7, 11) is 0. The van der Waals surface area contributed by atoms with Crippen LogP contribution in [0.25, 0.3) is 0 Å². The van der Waals surface area contributed by atoms with E-state index in [2.05, 4.69) is 15.9 Å². The van der Waals surface area contributed by atoms with Gasteiger partial charge in [0.05, 0.1) is 18.2 Å². The van der Waals surface area contributed by atoms with Crippen molar-refractivity contribution in [3.05, 3.63) is 33.3 Å². The van der Waals surface area contributed by atoms with E-state index in [1.54, 1.807) is 23.1 Å². The van der Waals surface area contributed by atoms with E-state index in [9.17, 15) is 4.79 Å². The molecular weight excluding hydrogens is 352 g/mol. The molecule has 1 amide bonds. The van der Waals surface area contributed by atoms with Gasteiger partial charge in [0.15, 0.2) is 0 Å². The molecule has 19 heavy (non-hydrogen) atoms. The fourth-order valence-corrected chi connectivity index (χ4v) is 2.39. The highest BCUT2D eigenvalue weighted by Crippen LogP contribution is 2.24. The summed E-state index contributed by atoms with van der Waals surface area (Å²) in [4.78, 5) is 14.3. The molecule has 0 bridgehead atoms. The summed E-state index contributed by atoms with van der Waals surface area (Å²) in [5.41, 5.74) is 6.09. The van der Waals surface area contributed by atoms with Gasteiger partial charge in [-0.2, -0.15) is 0 Å². The summed E-state index contributed by atoms with van der Waals surface area (Å²) in [6.45, 7) is 1.32. The minimum Gasteiger partial charge on any atom is -0.391 e. The Bertz CT molecular complexity index is 526. The van der Waals surface area contributed by atoms with Crippen LogP contribution in [0.1, 0.15) is 10.4 Å². The predicted octanol–water partition coefficient (Wildman–Crippen LogP) is 2.23. The van der Waals surface area contributed by atoms with Crippen molar-refractivity contribution in [2.45, 2.75) is 6.10 Å². The van der Waals surface area contributed by atoms with Crippen LogP contribution in [0.3, 0.4) is 0 Å². The van der Waals surface area contributed by atoms with Gasteiger partial charge < -0.3 is 15.4 Å². The maximum Gasteiger partial charge on any atom is 0.254 e. The third-order valence-corrected chi connectivity index (χ3v) is 4.33. The fraction of sp³-hybridized carbons (Fsp3) is 0.333. The summed E-state index contributed by atoms with van der Waals surface area (Å²) in [5, 5.41) is 0.505. The van der Waals surface area contributed by atoms with Gasteiger partial charge in [-0.15, -0.1) is 0 Å². The van der Waals surface area contributed by atoms with Gasteiger partial charge in [0.1, 0.15) is 11.1 Å². The van der Waals surface area contributed by atoms with Crippen molar-refractivity contribution in [1.82, 2.24) is 4.90 Å². The van der Waals surface area contributed by atoms with Crippen molar-refractivity contribution in [2.75, 3.05) is 19.7 Å². The van der Waals surface area contributed by atoms with E-state index in [0.29, 0.717) is 30.3 Å². The predicted molar refractivity (Wildman–Crippen MR) is 81.6 cm³/mol. The van der Waals surface area contributed by atoms with Gasteiger partial charge in [-0.1, -0.05) is 23.8 Å². The molecule has 7 heteroatoms. The molecule has 0 aliphatic carbocycles. The van der Waals surface area contributed by atoms with Crippen molar-refractivity contribution in [3.8, 4) is 0 Å². The Hall–Kier alpha value is -0.690. The van der Waals surface area contributed by atoms with E-state index in [-0.39, 0.29) is 17.0 Å². The van der Waals surface area contributed by atoms with Gasteiger partial charge in [-0.05, 0) is 34.1 Å². The van der Waals surface area contributed by atoms with Crippen molar-refractivity contribution >= 4 is 50.6 Å². The lowest BCUT2D eigenvalue weighted by molar-refractivity contribution is 0.00879. The Morgan fingerprint density at radius 1 is 1.58 bits per heavy atom. The highest BCUT2D eigenvalue weighted by Gasteiger charge is 2.26. The Morgan fingerprint density at radius 2 is 2.32 bits per heavy atom. The van der Waals surface area contributed by atoms with Crippen LogP contribution >= 0.6 is 39.7 Å². The van der Waals surface area contributed by atoms with Crippen molar-refractivity contribution in [2.24, 2.45) is 5.73 Å². The van der Waals surface area contributed by atoms with Crippen molar-refractivity contribution < 1.29 is 9.53 Å². The van der Waals surface area contributed by atoms with Gasteiger partial charge in [0.2, 0.25) is 0 Å². The molecule has 0 saturated carbocycles. The standard InChI is InChI=1S/C12H12BrClN2O2S/c13-8-2-1-7(5-9(8)14)12(17)16-3-4-18-10(6-16)11(15)19/h1-2,5,10H,3-4,6H2,(H2,15,19). The summed E-state index contributed by atoms with van der Waals surface area (Å²) < 4.78 is 6.16. The van der Waals surface area contributed by atoms with Crippen LogP contribution in [-0.2, 0) is 4.74 Å². The van der Waals surface area contributed by atoms with E-state index in [1.807, 2.05) is 0 Å². The minimum absolute atomic E-state index is 0.0982. The zero-order valence-corrected chi connectivity index (χ0v) is 13.1. The number of halogens is 2. The lowest BCUT2D eigenvalue weighted by atomic mass is 10.1. The van der Waals surface area contributed by atoms with E-state index in [0.717, 1.165) is 4.47 Å². The number of benzene rings is 1. The average molecular weight is 364 g/mol. The molecule has 0 radical (unpaired) electrons.